The van der Waals surface area contributed by atoms with Gasteiger partial charge in [-0.15, -0.1) is 0 Å². The first-order chi connectivity index (χ1) is 10.6. The molecule has 0 saturated carbocycles. The molecule has 0 unspecified atom stereocenters. The highest BCUT2D eigenvalue weighted by molar-refractivity contribution is 8.03. The molecule has 6 heteroatoms. The summed E-state index contributed by atoms with van der Waals surface area (Å²) >= 11 is 13.7. The van der Waals surface area contributed by atoms with Crippen LogP contribution in [0, 0.1) is 0 Å². The SMILES string of the molecule is COc1ccc(SC2=C(O)c3c(Cl)cc(Cl)cc3NC2)cc1. The number of ether oxygens (including phenoxy) is 1. The molecular weight excluding hydrogens is 341 g/mol. The van der Waals surface area contributed by atoms with E-state index in [0.29, 0.717) is 22.2 Å². The van der Waals surface area contributed by atoms with Crippen LogP contribution in [0.5, 0.6) is 5.75 Å². The Kier molecular flexibility index (Phi) is 4.43. The van der Waals surface area contributed by atoms with Gasteiger partial charge in [-0.25, -0.2) is 0 Å². The van der Waals surface area contributed by atoms with Gasteiger partial charge in [-0.05, 0) is 36.4 Å². The Morgan fingerprint density at radius 1 is 1.18 bits per heavy atom. The fraction of sp³-hybridized carbons (Fsp3) is 0.125. The summed E-state index contributed by atoms with van der Waals surface area (Å²) in [7, 11) is 1.63. The molecule has 0 aliphatic carbocycles. The second kappa shape index (κ2) is 6.32. The number of aliphatic hydroxyl groups excluding tert-OH is 1. The molecule has 0 amide bonds. The summed E-state index contributed by atoms with van der Waals surface area (Å²) in [6.07, 6.45) is 0. The lowest BCUT2D eigenvalue weighted by Gasteiger charge is -2.22. The minimum Gasteiger partial charge on any atom is -0.506 e. The Hall–Kier alpha value is -1.49. The fourth-order valence-corrected chi connectivity index (χ4v) is 3.71. The predicted octanol–water partition coefficient (Wildman–Crippen LogP) is 5.45. The van der Waals surface area contributed by atoms with Crippen LogP contribution in [0.15, 0.2) is 46.2 Å². The topological polar surface area (TPSA) is 41.5 Å². The van der Waals surface area contributed by atoms with Crippen LogP contribution in [-0.4, -0.2) is 18.8 Å². The lowest BCUT2D eigenvalue weighted by molar-refractivity contribution is 0.414. The highest BCUT2D eigenvalue weighted by atomic mass is 35.5. The van der Waals surface area contributed by atoms with Crippen molar-refractivity contribution < 1.29 is 9.84 Å². The quantitative estimate of drug-likeness (QED) is 0.769. The van der Waals surface area contributed by atoms with E-state index in [0.717, 1.165) is 21.2 Å². The van der Waals surface area contributed by atoms with Gasteiger partial charge in [0.1, 0.15) is 11.5 Å². The molecule has 2 aromatic rings. The molecule has 114 valence electrons. The summed E-state index contributed by atoms with van der Waals surface area (Å²) in [4.78, 5) is 1.82. The summed E-state index contributed by atoms with van der Waals surface area (Å²) in [5.41, 5.74) is 1.34. The first-order valence-corrected chi connectivity index (χ1v) is 8.13. The van der Waals surface area contributed by atoms with Crippen LogP contribution in [0.4, 0.5) is 5.69 Å². The average Bonchev–Trinajstić information content (AvgIpc) is 2.50. The summed E-state index contributed by atoms with van der Waals surface area (Å²) in [6.45, 7) is 0.520. The molecule has 0 saturated heterocycles. The lowest BCUT2D eigenvalue weighted by Crippen LogP contribution is -2.13. The Labute approximate surface area is 142 Å². The Balaban J connectivity index is 1.93. The van der Waals surface area contributed by atoms with Crippen LogP contribution < -0.4 is 10.1 Å². The third-order valence-electron chi connectivity index (χ3n) is 3.30. The molecule has 0 spiro atoms. The first kappa shape index (κ1) is 15.4. The molecule has 1 aliphatic rings. The number of benzene rings is 2. The van der Waals surface area contributed by atoms with Gasteiger partial charge in [0, 0.05) is 15.6 Å². The van der Waals surface area contributed by atoms with Crippen molar-refractivity contribution in [3.05, 3.63) is 56.9 Å². The smallest absolute Gasteiger partial charge is 0.138 e. The number of methoxy groups -OCH3 is 1. The van der Waals surface area contributed by atoms with Crippen LogP contribution in [0.3, 0.4) is 0 Å². The molecule has 0 fully saturated rings. The van der Waals surface area contributed by atoms with E-state index >= 15 is 0 Å². The highest BCUT2D eigenvalue weighted by Crippen LogP contribution is 2.42. The van der Waals surface area contributed by atoms with Gasteiger partial charge in [0.15, 0.2) is 0 Å². The van der Waals surface area contributed by atoms with Crippen molar-refractivity contribution in [2.45, 2.75) is 4.90 Å². The Morgan fingerprint density at radius 3 is 2.59 bits per heavy atom. The molecule has 0 atom stereocenters. The van der Waals surface area contributed by atoms with Crippen LogP contribution >= 0.6 is 35.0 Å². The van der Waals surface area contributed by atoms with Crippen LogP contribution in [0.25, 0.3) is 5.76 Å². The first-order valence-electron chi connectivity index (χ1n) is 6.56. The van der Waals surface area contributed by atoms with Crippen LogP contribution in [0.1, 0.15) is 5.56 Å². The highest BCUT2D eigenvalue weighted by Gasteiger charge is 2.22. The summed E-state index contributed by atoms with van der Waals surface area (Å²) in [5, 5.41) is 14.7. The Bertz CT molecular complexity index is 745. The number of rotatable bonds is 3. The summed E-state index contributed by atoms with van der Waals surface area (Å²) in [5.74, 6) is 0.989. The number of nitrogens with one attached hydrogen (secondary N) is 1. The van der Waals surface area contributed by atoms with Gasteiger partial charge in [0.2, 0.25) is 0 Å². The van der Waals surface area contributed by atoms with Gasteiger partial charge < -0.3 is 15.2 Å². The number of halogens is 2. The third-order valence-corrected chi connectivity index (χ3v) is 4.90. The fourth-order valence-electron chi connectivity index (χ4n) is 2.22. The molecule has 2 aromatic carbocycles. The minimum absolute atomic E-state index is 0.191. The molecule has 22 heavy (non-hydrogen) atoms. The molecule has 0 aromatic heterocycles. The van der Waals surface area contributed by atoms with Crippen molar-refractivity contribution >= 4 is 46.4 Å². The summed E-state index contributed by atoms with van der Waals surface area (Å²) in [6, 6.07) is 11.0. The number of aliphatic hydroxyl groups is 1. The molecule has 2 N–H and O–H groups in total. The average molecular weight is 354 g/mol. The van der Waals surface area contributed by atoms with Crippen molar-refractivity contribution in [2.24, 2.45) is 0 Å². The minimum atomic E-state index is 0.191. The van der Waals surface area contributed by atoms with Gasteiger partial charge in [-0.1, -0.05) is 35.0 Å². The van der Waals surface area contributed by atoms with Gasteiger partial charge in [0.25, 0.3) is 0 Å². The zero-order chi connectivity index (χ0) is 15.7. The van der Waals surface area contributed by atoms with E-state index in [2.05, 4.69) is 5.32 Å². The van der Waals surface area contributed by atoms with Crippen molar-refractivity contribution in [3.8, 4) is 5.75 Å². The van der Waals surface area contributed by atoms with Crippen molar-refractivity contribution in [3.63, 3.8) is 0 Å². The van der Waals surface area contributed by atoms with Crippen molar-refractivity contribution in [2.75, 3.05) is 19.0 Å². The van der Waals surface area contributed by atoms with E-state index in [1.54, 1.807) is 19.2 Å². The largest absolute Gasteiger partial charge is 0.506 e. The molecule has 1 heterocycles. The number of anilines is 1. The van der Waals surface area contributed by atoms with E-state index < -0.39 is 0 Å². The molecule has 1 aliphatic heterocycles. The van der Waals surface area contributed by atoms with E-state index in [9.17, 15) is 5.11 Å². The van der Waals surface area contributed by atoms with E-state index in [1.165, 1.54) is 11.8 Å². The lowest BCUT2D eigenvalue weighted by atomic mass is 10.1. The van der Waals surface area contributed by atoms with E-state index in [1.807, 2.05) is 24.3 Å². The van der Waals surface area contributed by atoms with Crippen LogP contribution in [-0.2, 0) is 0 Å². The van der Waals surface area contributed by atoms with E-state index in [-0.39, 0.29) is 5.76 Å². The molecule has 0 bridgehead atoms. The predicted molar refractivity (Wildman–Crippen MR) is 93.4 cm³/mol. The van der Waals surface area contributed by atoms with Crippen molar-refractivity contribution in [1.29, 1.82) is 0 Å². The number of hydrogen-bond donors (Lipinski definition) is 2. The standard InChI is InChI=1S/C16H13Cl2NO2S/c1-21-10-2-4-11(5-3-10)22-14-8-19-13-7-9(17)6-12(18)15(13)16(14)20/h2-7,19-20H,8H2,1H3. The maximum absolute atomic E-state index is 10.5. The monoisotopic (exact) mass is 353 g/mol. The number of hydrogen-bond acceptors (Lipinski definition) is 4. The van der Waals surface area contributed by atoms with Crippen molar-refractivity contribution in [1.82, 2.24) is 0 Å². The van der Waals surface area contributed by atoms with Gasteiger partial charge >= 0.3 is 0 Å². The second-order valence-corrected chi connectivity index (χ2v) is 6.73. The van der Waals surface area contributed by atoms with Gasteiger partial charge in [-0.3, -0.25) is 0 Å². The maximum Gasteiger partial charge on any atom is 0.138 e. The number of fused-ring (bicyclic) bond motifs is 1. The van der Waals surface area contributed by atoms with Crippen LogP contribution in [0.2, 0.25) is 10.0 Å². The molecule has 3 nitrogen and oxygen atoms in total. The maximum atomic E-state index is 10.5. The summed E-state index contributed by atoms with van der Waals surface area (Å²) < 4.78 is 5.14. The molecular formula is C16H13Cl2NO2S. The number of thioether (sulfide) groups is 1. The van der Waals surface area contributed by atoms with E-state index in [4.69, 9.17) is 27.9 Å². The Morgan fingerprint density at radius 2 is 1.91 bits per heavy atom. The zero-order valence-corrected chi connectivity index (χ0v) is 14.0. The molecule has 3 rings (SSSR count). The van der Waals surface area contributed by atoms with Gasteiger partial charge in [0.05, 0.1) is 29.1 Å². The third kappa shape index (κ3) is 3.00. The van der Waals surface area contributed by atoms with Gasteiger partial charge in [-0.2, -0.15) is 0 Å². The molecule has 0 radical (unpaired) electrons. The zero-order valence-electron chi connectivity index (χ0n) is 11.7. The normalized spacial score (nSPS) is 13.6. The second-order valence-electron chi connectivity index (χ2n) is 4.71.